The van der Waals surface area contributed by atoms with Crippen LogP contribution in [-0.4, -0.2) is 10.2 Å². The molecule has 0 aliphatic heterocycles. The van der Waals surface area contributed by atoms with Gasteiger partial charge in [0.15, 0.2) is 0 Å². The summed E-state index contributed by atoms with van der Waals surface area (Å²) in [6.07, 6.45) is -0.325. The fourth-order valence-electron chi connectivity index (χ4n) is 0.319. The van der Waals surface area contributed by atoms with Gasteiger partial charge in [-0.05, 0) is 11.6 Å². The Labute approximate surface area is 60.3 Å². The Balaban J connectivity index is 3.39. The van der Waals surface area contributed by atoms with Gasteiger partial charge in [0.2, 0.25) is 0 Å². The van der Waals surface area contributed by atoms with Crippen LogP contribution in [0, 0.1) is 0 Å². The number of hydrogen-bond donors (Lipinski definition) is 0. The average molecular weight is 207 g/mol. The molecule has 0 N–H and O–H groups in total. The monoisotopic (exact) mass is 206 g/mol. The van der Waals surface area contributed by atoms with Crippen molar-refractivity contribution in [3.63, 3.8) is 0 Å². The first-order valence-electron chi connectivity index (χ1n) is 2.12. The highest BCUT2D eigenvalue weighted by molar-refractivity contribution is 9.09. The SMILES string of the molecule is CC(Br)CC(F)(F)Cl. The van der Waals surface area contributed by atoms with E-state index in [4.69, 9.17) is 0 Å². The number of rotatable bonds is 2. The van der Waals surface area contributed by atoms with Crippen LogP contribution in [0.1, 0.15) is 13.3 Å². The lowest BCUT2D eigenvalue weighted by molar-refractivity contribution is 0.0876. The van der Waals surface area contributed by atoms with Gasteiger partial charge in [0.05, 0.1) is 0 Å². The zero-order valence-corrected chi connectivity index (χ0v) is 6.64. The third-order valence-electron chi connectivity index (χ3n) is 0.513. The van der Waals surface area contributed by atoms with E-state index in [1.165, 1.54) is 0 Å². The predicted molar refractivity (Wildman–Crippen MR) is 33.8 cm³/mol. The second kappa shape index (κ2) is 2.97. The molecular weight excluding hydrogens is 201 g/mol. The van der Waals surface area contributed by atoms with Crippen molar-refractivity contribution in [3.05, 3.63) is 0 Å². The van der Waals surface area contributed by atoms with E-state index >= 15 is 0 Å². The van der Waals surface area contributed by atoms with Gasteiger partial charge in [-0.2, -0.15) is 8.78 Å². The molecule has 0 saturated carbocycles. The molecule has 1 atom stereocenters. The molecule has 0 aromatic rings. The first-order chi connectivity index (χ1) is 3.42. The zero-order valence-electron chi connectivity index (χ0n) is 4.30. The quantitative estimate of drug-likeness (QED) is 0.611. The summed E-state index contributed by atoms with van der Waals surface area (Å²) in [7, 11) is 0. The highest BCUT2D eigenvalue weighted by atomic mass is 79.9. The fourth-order valence-corrected chi connectivity index (χ4v) is 1.14. The van der Waals surface area contributed by atoms with Crippen LogP contribution in [0.25, 0.3) is 0 Å². The van der Waals surface area contributed by atoms with Gasteiger partial charge in [-0.3, -0.25) is 0 Å². The Morgan fingerprint density at radius 2 is 2.12 bits per heavy atom. The predicted octanol–water partition coefficient (Wildman–Crippen LogP) is 2.99. The van der Waals surface area contributed by atoms with Crippen molar-refractivity contribution in [1.29, 1.82) is 0 Å². The molecule has 8 heavy (non-hydrogen) atoms. The number of halogens is 4. The molecule has 0 nitrogen and oxygen atoms in total. The van der Waals surface area contributed by atoms with Crippen LogP contribution < -0.4 is 0 Å². The summed E-state index contributed by atoms with van der Waals surface area (Å²) in [5, 5.41) is -3.05. The molecule has 50 valence electrons. The molecule has 0 fully saturated rings. The van der Waals surface area contributed by atoms with E-state index in [-0.39, 0.29) is 11.2 Å². The van der Waals surface area contributed by atoms with Crippen LogP contribution in [0.4, 0.5) is 8.78 Å². The maximum absolute atomic E-state index is 11.7. The largest absolute Gasteiger partial charge is 0.322 e. The van der Waals surface area contributed by atoms with Gasteiger partial charge >= 0.3 is 5.38 Å². The highest BCUT2D eigenvalue weighted by Gasteiger charge is 2.25. The van der Waals surface area contributed by atoms with Gasteiger partial charge in [-0.25, -0.2) is 0 Å². The van der Waals surface area contributed by atoms with Gasteiger partial charge in [0.25, 0.3) is 0 Å². The molecule has 0 aromatic carbocycles. The van der Waals surface area contributed by atoms with E-state index in [1.54, 1.807) is 6.92 Å². The molecule has 0 bridgehead atoms. The van der Waals surface area contributed by atoms with Crippen molar-refractivity contribution in [2.24, 2.45) is 0 Å². The summed E-state index contributed by atoms with van der Waals surface area (Å²) < 4.78 is 23.4. The second-order valence-electron chi connectivity index (χ2n) is 1.60. The van der Waals surface area contributed by atoms with Gasteiger partial charge in [0, 0.05) is 11.2 Å². The minimum absolute atomic E-state index is 0.227. The lowest BCUT2D eigenvalue weighted by Gasteiger charge is -2.07. The molecule has 0 rings (SSSR count). The summed E-state index contributed by atoms with van der Waals surface area (Å²) in [5.74, 6) is 0. The Morgan fingerprint density at radius 3 is 2.12 bits per heavy atom. The highest BCUT2D eigenvalue weighted by Crippen LogP contribution is 2.27. The van der Waals surface area contributed by atoms with Crippen LogP contribution >= 0.6 is 27.5 Å². The van der Waals surface area contributed by atoms with Crippen LogP contribution in [0.15, 0.2) is 0 Å². The molecule has 0 aliphatic rings. The summed E-state index contributed by atoms with van der Waals surface area (Å²) in [6, 6.07) is 0. The smallest absolute Gasteiger partial charge is 0.188 e. The van der Waals surface area contributed by atoms with Crippen LogP contribution in [0.5, 0.6) is 0 Å². The topological polar surface area (TPSA) is 0 Å². The van der Waals surface area contributed by atoms with Crippen molar-refractivity contribution in [2.45, 2.75) is 23.6 Å². The molecule has 0 amide bonds. The van der Waals surface area contributed by atoms with Crippen molar-refractivity contribution < 1.29 is 8.78 Å². The van der Waals surface area contributed by atoms with E-state index in [1.807, 2.05) is 0 Å². The lowest BCUT2D eigenvalue weighted by Crippen LogP contribution is -2.10. The summed E-state index contributed by atoms with van der Waals surface area (Å²) in [5.41, 5.74) is 0. The zero-order chi connectivity index (χ0) is 6.78. The van der Waals surface area contributed by atoms with Crippen LogP contribution in [0.3, 0.4) is 0 Å². The van der Waals surface area contributed by atoms with Gasteiger partial charge in [-0.15, -0.1) is 0 Å². The van der Waals surface area contributed by atoms with Crippen molar-refractivity contribution in [1.82, 2.24) is 0 Å². The van der Waals surface area contributed by atoms with Gasteiger partial charge < -0.3 is 0 Å². The molecule has 1 unspecified atom stereocenters. The maximum Gasteiger partial charge on any atom is 0.322 e. The summed E-state index contributed by atoms with van der Waals surface area (Å²) >= 11 is 7.51. The van der Waals surface area contributed by atoms with Crippen LogP contribution in [0.2, 0.25) is 0 Å². The summed E-state index contributed by atoms with van der Waals surface area (Å²) in [6.45, 7) is 1.62. The number of alkyl halides is 4. The molecule has 0 spiro atoms. The Kier molecular flexibility index (Phi) is 3.20. The summed E-state index contributed by atoms with van der Waals surface area (Å²) in [4.78, 5) is -0.227. The first kappa shape index (κ1) is 8.63. The van der Waals surface area contributed by atoms with E-state index in [9.17, 15) is 8.78 Å². The molecular formula is C4H6BrClF2. The minimum Gasteiger partial charge on any atom is -0.188 e. The van der Waals surface area contributed by atoms with E-state index < -0.39 is 5.38 Å². The average Bonchev–Trinajstić information content (AvgIpc) is 1.21. The standard InChI is InChI=1S/C4H6BrClF2/c1-3(5)2-4(6,7)8/h3H,2H2,1H3. The van der Waals surface area contributed by atoms with Crippen molar-refractivity contribution in [3.8, 4) is 0 Å². The van der Waals surface area contributed by atoms with E-state index in [0.717, 1.165) is 0 Å². The Morgan fingerprint density at radius 1 is 1.75 bits per heavy atom. The molecule has 0 heterocycles. The fraction of sp³-hybridized carbons (Fsp3) is 1.00. The Hall–Kier alpha value is 0.630. The Bertz CT molecular complexity index is 68.9. The third kappa shape index (κ3) is 6.63. The molecule has 4 heteroatoms. The first-order valence-corrected chi connectivity index (χ1v) is 3.42. The molecule has 0 aliphatic carbocycles. The molecule has 0 radical (unpaired) electrons. The van der Waals surface area contributed by atoms with Gasteiger partial charge in [-0.1, -0.05) is 22.9 Å². The molecule has 0 saturated heterocycles. The maximum atomic E-state index is 11.7. The third-order valence-corrected chi connectivity index (χ3v) is 0.991. The minimum atomic E-state index is -3.05. The van der Waals surface area contributed by atoms with E-state index in [0.29, 0.717) is 0 Å². The van der Waals surface area contributed by atoms with Crippen molar-refractivity contribution in [2.75, 3.05) is 0 Å². The molecule has 0 aromatic heterocycles. The van der Waals surface area contributed by atoms with Gasteiger partial charge in [0.1, 0.15) is 0 Å². The van der Waals surface area contributed by atoms with E-state index in [2.05, 4.69) is 27.5 Å². The normalized spacial score (nSPS) is 16.1. The lowest BCUT2D eigenvalue weighted by atomic mass is 10.3. The second-order valence-corrected chi connectivity index (χ2v) is 3.72. The number of hydrogen-bond acceptors (Lipinski definition) is 0. The van der Waals surface area contributed by atoms with Crippen LogP contribution in [-0.2, 0) is 0 Å². The van der Waals surface area contributed by atoms with Crippen molar-refractivity contribution >= 4 is 27.5 Å².